The van der Waals surface area contributed by atoms with Gasteiger partial charge in [-0.15, -0.1) is 11.3 Å². The first-order chi connectivity index (χ1) is 8.67. The number of hydrogen-bond acceptors (Lipinski definition) is 4. The summed E-state index contributed by atoms with van der Waals surface area (Å²) in [7, 11) is 3.66. The predicted molar refractivity (Wildman–Crippen MR) is 75.3 cm³/mol. The van der Waals surface area contributed by atoms with Gasteiger partial charge in [0.05, 0.1) is 6.54 Å². The number of nitrogens with one attached hydrogen (secondary N) is 1. The van der Waals surface area contributed by atoms with E-state index in [9.17, 15) is 4.79 Å². The fourth-order valence-corrected chi connectivity index (χ4v) is 2.37. The first kappa shape index (κ1) is 14.7. The smallest absolute Gasteiger partial charge is 0.221 e. The van der Waals surface area contributed by atoms with Crippen LogP contribution in [0, 0.1) is 11.8 Å². The van der Waals surface area contributed by atoms with Crippen molar-refractivity contribution in [3.05, 3.63) is 21.9 Å². The SMILES string of the molecule is CNC(=O)CCN(C)Cc1sccc1C#CCN. The Morgan fingerprint density at radius 3 is 3.06 bits per heavy atom. The van der Waals surface area contributed by atoms with E-state index in [4.69, 9.17) is 5.73 Å². The molecule has 0 saturated heterocycles. The van der Waals surface area contributed by atoms with Crippen LogP contribution in [-0.2, 0) is 11.3 Å². The molecule has 0 aliphatic carbocycles. The van der Waals surface area contributed by atoms with Crippen molar-refractivity contribution in [1.82, 2.24) is 10.2 Å². The van der Waals surface area contributed by atoms with Crippen LogP contribution in [0.3, 0.4) is 0 Å². The number of nitrogens with zero attached hydrogens (tertiary/aromatic N) is 1. The van der Waals surface area contributed by atoms with Crippen LogP contribution in [-0.4, -0.2) is 38.0 Å². The molecule has 0 saturated carbocycles. The Morgan fingerprint density at radius 1 is 1.61 bits per heavy atom. The Kier molecular flexibility index (Phi) is 6.44. The van der Waals surface area contributed by atoms with Crippen molar-refractivity contribution in [3.63, 3.8) is 0 Å². The van der Waals surface area contributed by atoms with E-state index in [0.29, 0.717) is 13.0 Å². The summed E-state index contributed by atoms with van der Waals surface area (Å²) >= 11 is 1.68. The van der Waals surface area contributed by atoms with E-state index in [1.807, 2.05) is 18.5 Å². The maximum absolute atomic E-state index is 11.2. The lowest BCUT2D eigenvalue weighted by Gasteiger charge is -2.15. The zero-order valence-corrected chi connectivity index (χ0v) is 11.6. The van der Waals surface area contributed by atoms with Gasteiger partial charge in [0.25, 0.3) is 0 Å². The summed E-state index contributed by atoms with van der Waals surface area (Å²) in [4.78, 5) is 14.5. The molecule has 0 radical (unpaired) electrons. The highest BCUT2D eigenvalue weighted by molar-refractivity contribution is 7.10. The predicted octanol–water partition coefficient (Wildman–Crippen LogP) is 0.626. The van der Waals surface area contributed by atoms with Crippen molar-refractivity contribution in [3.8, 4) is 11.8 Å². The van der Waals surface area contributed by atoms with E-state index in [2.05, 4.69) is 22.1 Å². The molecule has 0 unspecified atom stereocenters. The molecule has 1 heterocycles. The minimum absolute atomic E-state index is 0.0659. The van der Waals surface area contributed by atoms with Crippen LogP contribution >= 0.6 is 11.3 Å². The van der Waals surface area contributed by atoms with Crippen molar-refractivity contribution in [2.75, 3.05) is 27.2 Å². The largest absolute Gasteiger partial charge is 0.359 e. The zero-order chi connectivity index (χ0) is 13.4. The monoisotopic (exact) mass is 265 g/mol. The van der Waals surface area contributed by atoms with Crippen molar-refractivity contribution in [2.24, 2.45) is 5.73 Å². The van der Waals surface area contributed by atoms with E-state index in [-0.39, 0.29) is 5.91 Å². The number of carbonyl (C=O) groups is 1. The van der Waals surface area contributed by atoms with Gasteiger partial charge in [-0.25, -0.2) is 0 Å². The fourth-order valence-electron chi connectivity index (χ4n) is 1.46. The Bertz CT molecular complexity index is 445. The van der Waals surface area contributed by atoms with E-state index < -0.39 is 0 Å². The molecule has 0 aliphatic rings. The van der Waals surface area contributed by atoms with Crippen LogP contribution in [0.15, 0.2) is 11.4 Å². The maximum atomic E-state index is 11.2. The van der Waals surface area contributed by atoms with Crippen LogP contribution in [0.1, 0.15) is 16.9 Å². The average molecular weight is 265 g/mol. The molecule has 0 aromatic carbocycles. The molecule has 0 atom stereocenters. The lowest BCUT2D eigenvalue weighted by Crippen LogP contribution is -2.26. The summed E-state index contributed by atoms with van der Waals surface area (Å²) in [5, 5.41) is 4.65. The second kappa shape index (κ2) is 7.88. The Labute approximate surface area is 112 Å². The van der Waals surface area contributed by atoms with Crippen LogP contribution < -0.4 is 11.1 Å². The standard InChI is InChI=1S/C13H19N3OS/c1-15-13(17)5-8-16(2)10-12-11(4-3-7-14)6-9-18-12/h6,9H,5,7-8,10,14H2,1-2H3,(H,15,17). The molecule has 18 heavy (non-hydrogen) atoms. The van der Waals surface area contributed by atoms with Gasteiger partial charge in [-0.1, -0.05) is 11.8 Å². The number of nitrogens with two attached hydrogens (primary N) is 1. The first-order valence-electron chi connectivity index (χ1n) is 5.81. The Hall–Kier alpha value is -1.35. The Balaban J connectivity index is 2.51. The highest BCUT2D eigenvalue weighted by Gasteiger charge is 2.07. The van der Waals surface area contributed by atoms with E-state index in [1.165, 1.54) is 4.88 Å². The molecule has 0 spiro atoms. The first-order valence-corrected chi connectivity index (χ1v) is 6.69. The number of carbonyl (C=O) groups excluding carboxylic acids is 1. The second-order valence-corrected chi connectivity index (χ2v) is 4.92. The topological polar surface area (TPSA) is 58.4 Å². The highest BCUT2D eigenvalue weighted by Crippen LogP contribution is 2.17. The van der Waals surface area contributed by atoms with Gasteiger partial charge in [0, 0.05) is 37.0 Å². The van der Waals surface area contributed by atoms with E-state index >= 15 is 0 Å². The molecule has 5 heteroatoms. The van der Waals surface area contributed by atoms with Gasteiger partial charge in [-0.05, 0) is 18.5 Å². The summed E-state index contributed by atoms with van der Waals surface area (Å²) in [6.45, 7) is 1.92. The Morgan fingerprint density at radius 2 is 2.39 bits per heavy atom. The van der Waals surface area contributed by atoms with E-state index in [1.54, 1.807) is 18.4 Å². The molecule has 3 N–H and O–H groups in total. The van der Waals surface area contributed by atoms with Gasteiger partial charge in [-0.3, -0.25) is 4.79 Å². The van der Waals surface area contributed by atoms with E-state index in [0.717, 1.165) is 18.7 Å². The third kappa shape index (κ3) is 4.88. The average Bonchev–Trinajstić information content (AvgIpc) is 2.80. The molecular formula is C13H19N3OS. The lowest BCUT2D eigenvalue weighted by atomic mass is 10.2. The molecule has 1 aromatic rings. The molecule has 1 amide bonds. The van der Waals surface area contributed by atoms with Gasteiger partial charge in [0.1, 0.15) is 0 Å². The summed E-state index contributed by atoms with van der Waals surface area (Å²) in [5.74, 6) is 6.00. The van der Waals surface area contributed by atoms with Crippen molar-refractivity contribution in [2.45, 2.75) is 13.0 Å². The van der Waals surface area contributed by atoms with Gasteiger partial charge in [0.2, 0.25) is 5.91 Å². The highest BCUT2D eigenvalue weighted by atomic mass is 32.1. The number of rotatable bonds is 5. The number of thiophene rings is 1. The third-order valence-electron chi connectivity index (χ3n) is 2.48. The fraction of sp³-hybridized carbons (Fsp3) is 0.462. The summed E-state index contributed by atoms with van der Waals surface area (Å²) in [6.07, 6.45) is 0.516. The van der Waals surface area contributed by atoms with Crippen LogP contribution in [0.4, 0.5) is 0 Å². The minimum atomic E-state index is 0.0659. The van der Waals surface area contributed by atoms with Gasteiger partial charge < -0.3 is 16.0 Å². The van der Waals surface area contributed by atoms with Gasteiger partial charge >= 0.3 is 0 Å². The molecule has 98 valence electrons. The van der Waals surface area contributed by atoms with Crippen molar-refractivity contribution in [1.29, 1.82) is 0 Å². The number of hydrogen-bond donors (Lipinski definition) is 2. The van der Waals surface area contributed by atoms with Crippen LogP contribution in [0.25, 0.3) is 0 Å². The molecule has 0 bridgehead atoms. The summed E-state index contributed by atoms with van der Waals surface area (Å²) in [6, 6.07) is 2.01. The number of amides is 1. The van der Waals surface area contributed by atoms with Crippen molar-refractivity contribution < 1.29 is 4.79 Å². The molecule has 1 rings (SSSR count). The summed E-state index contributed by atoms with van der Waals surface area (Å²) < 4.78 is 0. The maximum Gasteiger partial charge on any atom is 0.221 e. The van der Waals surface area contributed by atoms with Crippen LogP contribution in [0.5, 0.6) is 0 Å². The normalized spacial score (nSPS) is 10.0. The summed E-state index contributed by atoms with van der Waals surface area (Å²) in [5.41, 5.74) is 6.41. The molecule has 1 aromatic heterocycles. The zero-order valence-electron chi connectivity index (χ0n) is 10.8. The minimum Gasteiger partial charge on any atom is -0.359 e. The molecular weight excluding hydrogens is 246 g/mol. The quantitative estimate of drug-likeness (QED) is 0.768. The third-order valence-corrected chi connectivity index (χ3v) is 3.39. The van der Waals surface area contributed by atoms with Gasteiger partial charge in [-0.2, -0.15) is 0 Å². The van der Waals surface area contributed by atoms with Gasteiger partial charge in [0.15, 0.2) is 0 Å². The second-order valence-electron chi connectivity index (χ2n) is 3.92. The van der Waals surface area contributed by atoms with Crippen molar-refractivity contribution >= 4 is 17.2 Å². The molecule has 0 fully saturated rings. The molecule has 4 nitrogen and oxygen atoms in total. The van der Waals surface area contributed by atoms with Crippen LogP contribution in [0.2, 0.25) is 0 Å². The lowest BCUT2D eigenvalue weighted by molar-refractivity contribution is -0.120. The molecule has 0 aliphatic heterocycles.